The van der Waals surface area contributed by atoms with E-state index in [9.17, 15) is 9.59 Å². The second-order valence-electron chi connectivity index (χ2n) is 6.16. The predicted molar refractivity (Wildman–Crippen MR) is 111 cm³/mol. The van der Waals surface area contributed by atoms with Crippen LogP contribution in [0.2, 0.25) is 5.15 Å². The SMILES string of the molecule is CCOC(=O)c1c(NC(=O)c2c(C)nn(-c3ccccc3)c2Cl)sc(C)c1C. The number of halogens is 1. The Kier molecular flexibility index (Phi) is 5.86. The van der Waals surface area contributed by atoms with Gasteiger partial charge in [0.25, 0.3) is 5.91 Å². The third kappa shape index (κ3) is 3.68. The van der Waals surface area contributed by atoms with Gasteiger partial charge in [0.05, 0.1) is 23.6 Å². The fourth-order valence-corrected chi connectivity index (χ4v) is 4.23. The molecule has 0 bridgehead atoms. The average Bonchev–Trinajstić information content (AvgIpc) is 3.11. The molecule has 3 rings (SSSR count). The summed E-state index contributed by atoms with van der Waals surface area (Å²) in [5.74, 6) is -0.876. The van der Waals surface area contributed by atoms with Gasteiger partial charge in [-0.3, -0.25) is 4.79 Å². The molecular formula is C20H20ClN3O3S. The summed E-state index contributed by atoms with van der Waals surface area (Å²) in [6, 6.07) is 9.33. The Morgan fingerprint density at radius 3 is 2.50 bits per heavy atom. The molecule has 0 unspecified atom stereocenters. The molecule has 0 aliphatic rings. The van der Waals surface area contributed by atoms with E-state index < -0.39 is 11.9 Å². The molecule has 0 saturated carbocycles. The first kappa shape index (κ1) is 20.1. The van der Waals surface area contributed by atoms with Gasteiger partial charge in [-0.25, -0.2) is 9.48 Å². The quantitative estimate of drug-likeness (QED) is 0.596. The fourth-order valence-electron chi connectivity index (χ4n) is 2.83. The lowest BCUT2D eigenvalue weighted by Crippen LogP contribution is -2.15. The minimum atomic E-state index is -0.456. The summed E-state index contributed by atoms with van der Waals surface area (Å²) >= 11 is 7.80. The van der Waals surface area contributed by atoms with Crippen LogP contribution in [0.5, 0.6) is 0 Å². The largest absolute Gasteiger partial charge is 0.462 e. The number of nitrogens with zero attached hydrogens (tertiary/aromatic N) is 2. The maximum Gasteiger partial charge on any atom is 0.341 e. The van der Waals surface area contributed by atoms with Crippen molar-refractivity contribution >= 4 is 39.8 Å². The molecular weight excluding hydrogens is 398 g/mol. The zero-order chi connectivity index (χ0) is 20.4. The standard InChI is InChI=1S/C20H20ClN3O3S/c1-5-27-20(26)15-11(2)13(4)28-19(15)22-18(25)16-12(3)23-24(17(16)21)14-9-7-6-8-10-14/h6-10H,5H2,1-4H3,(H,22,25). The minimum absolute atomic E-state index is 0.212. The first-order valence-corrected chi connectivity index (χ1v) is 9.93. The van der Waals surface area contributed by atoms with Crippen LogP contribution in [0.3, 0.4) is 0 Å². The number of esters is 1. The molecule has 1 amide bonds. The van der Waals surface area contributed by atoms with Crippen LogP contribution in [0.4, 0.5) is 5.00 Å². The van der Waals surface area contributed by atoms with Gasteiger partial charge in [0.1, 0.15) is 15.7 Å². The Morgan fingerprint density at radius 1 is 1.18 bits per heavy atom. The number of benzene rings is 1. The van der Waals surface area contributed by atoms with Crippen molar-refractivity contribution in [3.63, 3.8) is 0 Å². The zero-order valence-electron chi connectivity index (χ0n) is 16.0. The predicted octanol–water partition coefficient (Wildman–Crippen LogP) is 4.94. The Bertz CT molecular complexity index is 1040. The maximum atomic E-state index is 13.0. The molecule has 0 fully saturated rings. The van der Waals surface area contributed by atoms with Gasteiger partial charge in [-0.15, -0.1) is 11.3 Å². The number of aryl methyl sites for hydroxylation is 2. The highest BCUT2D eigenvalue weighted by Gasteiger charge is 2.26. The molecule has 2 heterocycles. The van der Waals surface area contributed by atoms with Gasteiger partial charge in [-0.1, -0.05) is 29.8 Å². The highest BCUT2D eigenvalue weighted by atomic mass is 35.5. The third-order valence-electron chi connectivity index (χ3n) is 4.32. The Morgan fingerprint density at radius 2 is 1.86 bits per heavy atom. The van der Waals surface area contributed by atoms with E-state index in [2.05, 4.69) is 10.4 Å². The minimum Gasteiger partial charge on any atom is -0.462 e. The van der Waals surface area contributed by atoms with Crippen LogP contribution in [-0.2, 0) is 4.74 Å². The van der Waals surface area contributed by atoms with E-state index in [4.69, 9.17) is 16.3 Å². The lowest BCUT2D eigenvalue weighted by atomic mass is 10.1. The lowest BCUT2D eigenvalue weighted by Gasteiger charge is -2.07. The molecule has 0 spiro atoms. The topological polar surface area (TPSA) is 73.2 Å². The van der Waals surface area contributed by atoms with E-state index in [1.807, 2.05) is 44.2 Å². The Labute approximate surface area is 172 Å². The normalized spacial score (nSPS) is 10.8. The third-order valence-corrected chi connectivity index (χ3v) is 5.80. The molecule has 6 nitrogen and oxygen atoms in total. The van der Waals surface area contributed by atoms with E-state index in [1.165, 1.54) is 16.0 Å². The van der Waals surface area contributed by atoms with Gasteiger partial charge in [-0.2, -0.15) is 5.10 Å². The smallest absolute Gasteiger partial charge is 0.341 e. The van der Waals surface area contributed by atoms with Crippen LogP contribution in [0.15, 0.2) is 30.3 Å². The number of ether oxygens (including phenoxy) is 1. The molecule has 0 aliphatic carbocycles. The van der Waals surface area contributed by atoms with Crippen LogP contribution < -0.4 is 5.32 Å². The first-order chi connectivity index (χ1) is 13.3. The van der Waals surface area contributed by atoms with Crippen molar-refractivity contribution in [2.24, 2.45) is 0 Å². The van der Waals surface area contributed by atoms with E-state index >= 15 is 0 Å². The van der Waals surface area contributed by atoms with Crippen molar-refractivity contribution in [2.75, 3.05) is 11.9 Å². The Balaban J connectivity index is 1.96. The summed E-state index contributed by atoms with van der Waals surface area (Å²) in [4.78, 5) is 26.2. The number of anilines is 1. The second kappa shape index (κ2) is 8.16. The van der Waals surface area contributed by atoms with Crippen LogP contribution >= 0.6 is 22.9 Å². The number of hydrogen-bond acceptors (Lipinski definition) is 5. The number of hydrogen-bond donors (Lipinski definition) is 1. The second-order valence-corrected chi connectivity index (χ2v) is 7.74. The number of carbonyl (C=O) groups is 2. The molecule has 0 saturated heterocycles. The summed E-state index contributed by atoms with van der Waals surface area (Å²) < 4.78 is 6.65. The number of amides is 1. The van der Waals surface area contributed by atoms with Crippen molar-refractivity contribution in [1.82, 2.24) is 9.78 Å². The van der Waals surface area contributed by atoms with E-state index in [1.54, 1.807) is 13.8 Å². The summed E-state index contributed by atoms with van der Waals surface area (Å²) in [5.41, 5.74) is 2.69. The summed E-state index contributed by atoms with van der Waals surface area (Å²) in [5, 5.41) is 7.86. The molecule has 0 atom stereocenters. The number of aromatic nitrogens is 2. The van der Waals surface area contributed by atoms with E-state index in [-0.39, 0.29) is 17.3 Å². The monoisotopic (exact) mass is 417 g/mol. The van der Waals surface area contributed by atoms with Crippen LogP contribution in [-0.4, -0.2) is 28.3 Å². The molecule has 1 N–H and O–H groups in total. The van der Waals surface area contributed by atoms with Gasteiger partial charge in [0, 0.05) is 4.88 Å². The first-order valence-electron chi connectivity index (χ1n) is 8.74. The van der Waals surface area contributed by atoms with Crippen molar-refractivity contribution in [3.8, 4) is 5.69 Å². The van der Waals surface area contributed by atoms with Crippen molar-refractivity contribution in [1.29, 1.82) is 0 Å². The van der Waals surface area contributed by atoms with E-state index in [0.29, 0.717) is 16.3 Å². The van der Waals surface area contributed by atoms with E-state index in [0.717, 1.165) is 16.1 Å². The molecule has 2 aromatic heterocycles. The summed E-state index contributed by atoms with van der Waals surface area (Å²) in [6.07, 6.45) is 0. The molecule has 0 radical (unpaired) electrons. The molecule has 28 heavy (non-hydrogen) atoms. The lowest BCUT2D eigenvalue weighted by molar-refractivity contribution is 0.0527. The number of para-hydroxylation sites is 1. The van der Waals surface area contributed by atoms with Gasteiger partial charge in [-0.05, 0) is 45.4 Å². The van der Waals surface area contributed by atoms with Gasteiger partial charge < -0.3 is 10.1 Å². The van der Waals surface area contributed by atoms with Gasteiger partial charge in [0.15, 0.2) is 0 Å². The molecule has 1 aromatic carbocycles. The zero-order valence-corrected chi connectivity index (χ0v) is 17.6. The Hall–Kier alpha value is -2.64. The fraction of sp³-hybridized carbons (Fsp3) is 0.250. The highest BCUT2D eigenvalue weighted by Crippen LogP contribution is 2.34. The van der Waals surface area contributed by atoms with Crippen molar-refractivity contribution in [2.45, 2.75) is 27.7 Å². The number of nitrogens with one attached hydrogen (secondary N) is 1. The molecule has 146 valence electrons. The molecule has 8 heteroatoms. The van der Waals surface area contributed by atoms with Crippen molar-refractivity contribution in [3.05, 3.63) is 62.7 Å². The van der Waals surface area contributed by atoms with Crippen molar-refractivity contribution < 1.29 is 14.3 Å². The van der Waals surface area contributed by atoms with Crippen LogP contribution in [0.25, 0.3) is 5.69 Å². The average molecular weight is 418 g/mol. The van der Waals surface area contributed by atoms with Crippen LogP contribution in [0, 0.1) is 20.8 Å². The number of thiophene rings is 1. The molecule has 0 aliphatic heterocycles. The maximum absolute atomic E-state index is 13.0. The number of rotatable bonds is 5. The molecule has 3 aromatic rings. The number of carbonyl (C=O) groups excluding carboxylic acids is 2. The van der Waals surface area contributed by atoms with Crippen LogP contribution in [0.1, 0.15) is 43.8 Å². The highest BCUT2D eigenvalue weighted by molar-refractivity contribution is 7.16. The summed E-state index contributed by atoms with van der Waals surface area (Å²) in [7, 11) is 0. The van der Waals surface area contributed by atoms with Gasteiger partial charge in [0.2, 0.25) is 0 Å². The van der Waals surface area contributed by atoms with Gasteiger partial charge >= 0.3 is 5.97 Å². The summed E-state index contributed by atoms with van der Waals surface area (Å²) in [6.45, 7) is 7.45.